The summed E-state index contributed by atoms with van der Waals surface area (Å²) in [5, 5.41) is 3.38. The van der Waals surface area contributed by atoms with Crippen LogP contribution in [0.3, 0.4) is 0 Å². The second kappa shape index (κ2) is 4.22. The molecule has 1 aromatic rings. The fourth-order valence-corrected chi connectivity index (χ4v) is 1.15. The standard InChI is InChI=1S/C11H17N3/c1-11(2,3)14-9-6-5-7-13-10(9)8-12-4/h5-8,14H,1-4H3/b12-8-. The van der Waals surface area contributed by atoms with Gasteiger partial charge in [-0.05, 0) is 32.9 Å². The fraction of sp³-hybridized carbons (Fsp3) is 0.455. The van der Waals surface area contributed by atoms with Crippen LogP contribution in [-0.4, -0.2) is 23.8 Å². The van der Waals surface area contributed by atoms with E-state index in [1.54, 1.807) is 19.5 Å². The Labute approximate surface area is 85.3 Å². The van der Waals surface area contributed by atoms with Crippen LogP contribution in [0.1, 0.15) is 26.5 Å². The summed E-state index contributed by atoms with van der Waals surface area (Å²) in [5.74, 6) is 0. The Morgan fingerprint density at radius 2 is 2.14 bits per heavy atom. The van der Waals surface area contributed by atoms with Crippen molar-refractivity contribution in [3.8, 4) is 0 Å². The predicted molar refractivity (Wildman–Crippen MR) is 61.1 cm³/mol. The Morgan fingerprint density at radius 3 is 2.71 bits per heavy atom. The summed E-state index contributed by atoms with van der Waals surface area (Å²) in [5.41, 5.74) is 1.94. The summed E-state index contributed by atoms with van der Waals surface area (Å²) < 4.78 is 0. The molecule has 1 N–H and O–H groups in total. The van der Waals surface area contributed by atoms with E-state index in [4.69, 9.17) is 0 Å². The van der Waals surface area contributed by atoms with Crippen LogP contribution in [0.15, 0.2) is 23.3 Å². The maximum Gasteiger partial charge on any atom is 0.104 e. The first-order chi connectivity index (χ1) is 6.53. The van der Waals surface area contributed by atoms with Crippen molar-refractivity contribution >= 4 is 11.9 Å². The summed E-state index contributed by atoms with van der Waals surface area (Å²) in [6.07, 6.45) is 3.53. The molecule has 3 nitrogen and oxygen atoms in total. The quantitative estimate of drug-likeness (QED) is 0.728. The van der Waals surface area contributed by atoms with Crippen LogP contribution < -0.4 is 5.32 Å². The van der Waals surface area contributed by atoms with Gasteiger partial charge in [0.2, 0.25) is 0 Å². The lowest BCUT2D eigenvalue weighted by molar-refractivity contribution is 0.633. The second-order valence-corrected chi connectivity index (χ2v) is 4.20. The highest BCUT2D eigenvalue weighted by Crippen LogP contribution is 2.16. The van der Waals surface area contributed by atoms with Gasteiger partial charge in [-0.1, -0.05) is 0 Å². The lowest BCUT2D eigenvalue weighted by atomic mass is 10.1. The van der Waals surface area contributed by atoms with Crippen molar-refractivity contribution in [2.45, 2.75) is 26.3 Å². The van der Waals surface area contributed by atoms with E-state index < -0.39 is 0 Å². The van der Waals surface area contributed by atoms with E-state index in [0.29, 0.717) is 0 Å². The van der Waals surface area contributed by atoms with E-state index in [2.05, 4.69) is 36.1 Å². The van der Waals surface area contributed by atoms with E-state index in [1.165, 1.54) is 0 Å². The Kier molecular flexibility index (Phi) is 3.23. The molecule has 1 rings (SSSR count). The van der Waals surface area contributed by atoms with E-state index in [9.17, 15) is 0 Å². The topological polar surface area (TPSA) is 37.3 Å². The minimum absolute atomic E-state index is 0.0410. The van der Waals surface area contributed by atoms with Gasteiger partial charge >= 0.3 is 0 Å². The zero-order valence-electron chi connectivity index (χ0n) is 9.20. The van der Waals surface area contributed by atoms with Crippen LogP contribution in [0, 0.1) is 0 Å². The average molecular weight is 191 g/mol. The molecule has 14 heavy (non-hydrogen) atoms. The molecule has 0 unspecified atom stereocenters. The molecule has 0 saturated heterocycles. The first-order valence-electron chi connectivity index (χ1n) is 4.68. The maximum absolute atomic E-state index is 4.24. The Morgan fingerprint density at radius 1 is 1.43 bits per heavy atom. The number of aliphatic imine (C=N–C) groups is 1. The molecule has 1 heterocycles. The van der Waals surface area contributed by atoms with Gasteiger partial charge in [0.25, 0.3) is 0 Å². The molecule has 0 saturated carbocycles. The number of aromatic nitrogens is 1. The molecule has 0 aliphatic rings. The van der Waals surface area contributed by atoms with E-state index >= 15 is 0 Å². The maximum atomic E-state index is 4.24. The largest absolute Gasteiger partial charge is 0.379 e. The normalized spacial score (nSPS) is 12.0. The SMILES string of the molecule is C/N=C\c1ncccc1NC(C)(C)C. The van der Waals surface area contributed by atoms with Crippen LogP contribution in [0.5, 0.6) is 0 Å². The van der Waals surface area contributed by atoms with E-state index in [-0.39, 0.29) is 5.54 Å². The van der Waals surface area contributed by atoms with E-state index in [0.717, 1.165) is 11.4 Å². The minimum Gasteiger partial charge on any atom is -0.379 e. The van der Waals surface area contributed by atoms with Gasteiger partial charge in [-0.25, -0.2) is 0 Å². The number of nitrogens with zero attached hydrogens (tertiary/aromatic N) is 2. The van der Waals surface area contributed by atoms with Crippen molar-refractivity contribution in [1.82, 2.24) is 4.98 Å². The lowest BCUT2D eigenvalue weighted by Crippen LogP contribution is -2.26. The molecule has 0 bridgehead atoms. The van der Waals surface area contributed by atoms with Crippen molar-refractivity contribution in [3.63, 3.8) is 0 Å². The summed E-state index contributed by atoms with van der Waals surface area (Å²) in [6, 6.07) is 3.93. The monoisotopic (exact) mass is 191 g/mol. The third-order valence-electron chi connectivity index (χ3n) is 1.60. The van der Waals surface area contributed by atoms with Crippen molar-refractivity contribution in [1.29, 1.82) is 0 Å². The van der Waals surface area contributed by atoms with Gasteiger partial charge in [-0.3, -0.25) is 9.98 Å². The van der Waals surface area contributed by atoms with Gasteiger partial charge in [-0.15, -0.1) is 0 Å². The number of rotatable bonds is 2. The Balaban J connectivity index is 2.96. The Hall–Kier alpha value is -1.38. The summed E-state index contributed by atoms with van der Waals surface area (Å²) in [7, 11) is 1.75. The molecule has 3 heteroatoms. The molecular weight excluding hydrogens is 174 g/mol. The smallest absolute Gasteiger partial charge is 0.104 e. The van der Waals surface area contributed by atoms with Gasteiger partial charge in [0, 0.05) is 25.0 Å². The second-order valence-electron chi connectivity index (χ2n) is 4.20. The highest BCUT2D eigenvalue weighted by atomic mass is 15.0. The molecule has 1 aromatic heterocycles. The number of nitrogens with one attached hydrogen (secondary N) is 1. The molecule has 0 fully saturated rings. The van der Waals surface area contributed by atoms with Crippen molar-refractivity contribution in [2.24, 2.45) is 4.99 Å². The van der Waals surface area contributed by atoms with Gasteiger partial charge in [0.05, 0.1) is 5.69 Å². The number of anilines is 1. The van der Waals surface area contributed by atoms with Crippen LogP contribution in [0.2, 0.25) is 0 Å². The molecule has 0 aromatic carbocycles. The summed E-state index contributed by atoms with van der Waals surface area (Å²) >= 11 is 0. The number of hydrogen-bond donors (Lipinski definition) is 1. The van der Waals surface area contributed by atoms with Crippen LogP contribution in [-0.2, 0) is 0 Å². The zero-order valence-corrected chi connectivity index (χ0v) is 9.20. The highest BCUT2D eigenvalue weighted by molar-refractivity contribution is 5.85. The zero-order chi connectivity index (χ0) is 10.6. The molecular formula is C11H17N3. The minimum atomic E-state index is 0.0410. The first kappa shape index (κ1) is 10.7. The average Bonchev–Trinajstić information content (AvgIpc) is 2.06. The summed E-state index contributed by atoms with van der Waals surface area (Å²) in [4.78, 5) is 8.21. The molecule has 0 radical (unpaired) electrons. The summed E-state index contributed by atoms with van der Waals surface area (Å²) in [6.45, 7) is 6.35. The molecule has 0 amide bonds. The molecule has 0 spiro atoms. The van der Waals surface area contributed by atoms with E-state index in [1.807, 2.05) is 12.1 Å². The molecule has 76 valence electrons. The predicted octanol–water partition coefficient (Wildman–Crippen LogP) is 2.34. The third-order valence-corrected chi connectivity index (χ3v) is 1.60. The number of pyridine rings is 1. The van der Waals surface area contributed by atoms with Crippen LogP contribution in [0.4, 0.5) is 5.69 Å². The lowest BCUT2D eigenvalue weighted by Gasteiger charge is -2.22. The third kappa shape index (κ3) is 3.17. The van der Waals surface area contributed by atoms with Crippen molar-refractivity contribution < 1.29 is 0 Å². The van der Waals surface area contributed by atoms with Gasteiger partial charge in [0.15, 0.2) is 0 Å². The van der Waals surface area contributed by atoms with Crippen molar-refractivity contribution in [3.05, 3.63) is 24.0 Å². The van der Waals surface area contributed by atoms with Crippen LogP contribution >= 0.6 is 0 Å². The molecule has 0 atom stereocenters. The van der Waals surface area contributed by atoms with Gasteiger partial charge < -0.3 is 5.32 Å². The first-order valence-corrected chi connectivity index (χ1v) is 4.68. The highest BCUT2D eigenvalue weighted by Gasteiger charge is 2.11. The van der Waals surface area contributed by atoms with Gasteiger partial charge in [0.1, 0.15) is 5.69 Å². The molecule has 0 aliphatic heterocycles. The fourth-order valence-electron chi connectivity index (χ4n) is 1.15. The van der Waals surface area contributed by atoms with Gasteiger partial charge in [-0.2, -0.15) is 0 Å². The Bertz CT molecular complexity index is 324. The van der Waals surface area contributed by atoms with Crippen molar-refractivity contribution in [2.75, 3.05) is 12.4 Å². The molecule has 0 aliphatic carbocycles. The van der Waals surface area contributed by atoms with Crippen LogP contribution in [0.25, 0.3) is 0 Å². The number of hydrogen-bond acceptors (Lipinski definition) is 3.